The molecule has 0 aliphatic heterocycles. The molecule has 0 aromatic heterocycles. The van der Waals surface area contributed by atoms with E-state index in [-0.39, 0.29) is 6.10 Å². The van der Waals surface area contributed by atoms with Crippen molar-refractivity contribution in [2.24, 2.45) is 0 Å². The fourth-order valence-electron chi connectivity index (χ4n) is 1.87. The van der Waals surface area contributed by atoms with Gasteiger partial charge in [0.2, 0.25) is 0 Å². The Balaban J connectivity index is 2.34. The minimum absolute atomic E-state index is 0.267. The van der Waals surface area contributed by atoms with E-state index >= 15 is 0 Å². The Morgan fingerprint density at radius 3 is 2.29 bits per heavy atom. The normalized spacial score (nSPS) is 13.0. The van der Waals surface area contributed by atoms with Gasteiger partial charge >= 0.3 is 0 Å². The van der Waals surface area contributed by atoms with Crippen LogP contribution in [-0.4, -0.2) is 35.7 Å². The van der Waals surface area contributed by atoms with Crippen molar-refractivity contribution < 1.29 is 5.11 Å². The van der Waals surface area contributed by atoms with E-state index in [9.17, 15) is 5.11 Å². The number of halogens is 1. The Bertz CT molecular complexity index is 309. The highest BCUT2D eigenvalue weighted by molar-refractivity contribution is 6.30. The Labute approximate surface area is 109 Å². The van der Waals surface area contributed by atoms with Crippen LogP contribution in [-0.2, 0) is 6.42 Å². The van der Waals surface area contributed by atoms with Gasteiger partial charge in [-0.3, -0.25) is 0 Å². The number of rotatable bonds is 7. The topological polar surface area (TPSA) is 23.5 Å². The molecule has 0 fully saturated rings. The summed E-state index contributed by atoms with van der Waals surface area (Å²) in [4.78, 5) is 2.32. The van der Waals surface area contributed by atoms with Gasteiger partial charge in [-0.25, -0.2) is 0 Å². The summed E-state index contributed by atoms with van der Waals surface area (Å²) in [5.41, 5.74) is 1.14. The van der Waals surface area contributed by atoms with Crippen molar-refractivity contribution in [2.45, 2.75) is 32.8 Å². The second-order valence-electron chi connectivity index (χ2n) is 4.30. The third-order valence-corrected chi connectivity index (χ3v) is 3.31. The summed E-state index contributed by atoms with van der Waals surface area (Å²) < 4.78 is 0. The Morgan fingerprint density at radius 2 is 1.76 bits per heavy atom. The number of hydrogen-bond donors (Lipinski definition) is 1. The zero-order chi connectivity index (χ0) is 12.7. The highest BCUT2D eigenvalue weighted by Gasteiger charge is 2.07. The van der Waals surface area contributed by atoms with Gasteiger partial charge in [-0.1, -0.05) is 37.6 Å². The first kappa shape index (κ1) is 14.5. The molecule has 17 heavy (non-hydrogen) atoms. The van der Waals surface area contributed by atoms with Crippen LogP contribution in [0.4, 0.5) is 0 Å². The lowest BCUT2D eigenvalue weighted by atomic mass is 10.1. The number of aliphatic hydroxyl groups is 1. The van der Waals surface area contributed by atoms with E-state index in [1.54, 1.807) is 0 Å². The quantitative estimate of drug-likeness (QED) is 0.810. The van der Waals surface area contributed by atoms with Gasteiger partial charge in [0.1, 0.15) is 0 Å². The number of hydrogen-bond acceptors (Lipinski definition) is 2. The molecule has 3 heteroatoms. The fourth-order valence-corrected chi connectivity index (χ4v) is 1.99. The van der Waals surface area contributed by atoms with Gasteiger partial charge in [0.25, 0.3) is 0 Å². The standard InChI is InChI=1S/C14H22ClNO/c1-3-16(4-2)10-9-14(17)11-12-5-7-13(15)8-6-12/h5-8,14,17H,3-4,9-11H2,1-2H3. The summed E-state index contributed by atoms with van der Waals surface area (Å²) in [7, 11) is 0. The van der Waals surface area contributed by atoms with Crippen LogP contribution in [0.25, 0.3) is 0 Å². The summed E-state index contributed by atoms with van der Waals surface area (Å²) in [5, 5.41) is 10.7. The van der Waals surface area contributed by atoms with Crippen molar-refractivity contribution in [1.29, 1.82) is 0 Å². The van der Waals surface area contributed by atoms with Crippen molar-refractivity contribution >= 4 is 11.6 Å². The van der Waals surface area contributed by atoms with Gasteiger partial charge < -0.3 is 10.0 Å². The molecular weight excluding hydrogens is 234 g/mol. The summed E-state index contributed by atoms with van der Waals surface area (Å²) in [6.07, 6.45) is 1.26. The van der Waals surface area contributed by atoms with E-state index in [1.165, 1.54) is 0 Å². The van der Waals surface area contributed by atoms with E-state index in [0.717, 1.165) is 36.6 Å². The van der Waals surface area contributed by atoms with E-state index in [2.05, 4.69) is 18.7 Å². The third-order valence-electron chi connectivity index (χ3n) is 3.06. The molecule has 0 aliphatic carbocycles. The summed E-state index contributed by atoms with van der Waals surface area (Å²) in [6, 6.07) is 7.69. The molecule has 0 radical (unpaired) electrons. The Kier molecular flexibility index (Phi) is 6.56. The second-order valence-corrected chi connectivity index (χ2v) is 4.74. The van der Waals surface area contributed by atoms with Crippen LogP contribution in [0, 0.1) is 0 Å². The molecule has 96 valence electrons. The first-order valence-corrected chi connectivity index (χ1v) is 6.68. The van der Waals surface area contributed by atoms with Crippen molar-refractivity contribution in [2.75, 3.05) is 19.6 Å². The molecule has 1 aromatic carbocycles. The third kappa shape index (κ3) is 5.53. The van der Waals surface area contributed by atoms with Crippen molar-refractivity contribution in [3.63, 3.8) is 0 Å². The average Bonchev–Trinajstić information content (AvgIpc) is 2.33. The molecule has 0 bridgehead atoms. The van der Waals surface area contributed by atoms with Crippen LogP contribution in [0.15, 0.2) is 24.3 Å². The highest BCUT2D eigenvalue weighted by atomic mass is 35.5. The number of benzene rings is 1. The van der Waals surface area contributed by atoms with Crippen molar-refractivity contribution in [3.8, 4) is 0 Å². The number of nitrogens with zero attached hydrogens (tertiary/aromatic N) is 1. The molecule has 0 saturated heterocycles. The largest absolute Gasteiger partial charge is 0.393 e. The SMILES string of the molecule is CCN(CC)CCC(O)Cc1ccc(Cl)cc1. The highest BCUT2D eigenvalue weighted by Crippen LogP contribution is 2.12. The van der Waals surface area contributed by atoms with Crippen LogP contribution in [0.3, 0.4) is 0 Å². The maximum Gasteiger partial charge on any atom is 0.0592 e. The molecule has 0 aliphatic rings. The molecule has 1 aromatic rings. The minimum Gasteiger partial charge on any atom is -0.393 e. The molecule has 1 rings (SSSR count). The van der Waals surface area contributed by atoms with Crippen LogP contribution in [0.1, 0.15) is 25.8 Å². The van der Waals surface area contributed by atoms with E-state index in [0.29, 0.717) is 6.42 Å². The summed E-state index contributed by atoms with van der Waals surface area (Å²) >= 11 is 5.82. The van der Waals surface area contributed by atoms with Crippen LogP contribution in [0.5, 0.6) is 0 Å². The Hall–Kier alpha value is -0.570. The molecule has 1 N–H and O–H groups in total. The lowest BCUT2D eigenvalue weighted by molar-refractivity contribution is 0.143. The summed E-state index contributed by atoms with van der Waals surface area (Å²) in [5.74, 6) is 0. The van der Waals surface area contributed by atoms with Crippen molar-refractivity contribution in [1.82, 2.24) is 4.90 Å². The van der Waals surface area contributed by atoms with Gasteiger partial charge in [-0.15, -0.1) is 0 Å². The van der Waals surface area contributed by atoms with Gasteiger partial charge in [0.05, 0.1) is 6.10 Å². The van der Waals surface area contributed by atoms with Crippen molar-refractivity contribution in [3.05, 3.63) is 34.9 Å². The molecule has 1 unspecified atom stereocenters. The maximum absolute atomic E-state index is 9.95. The zero-order valence-corrected chi connectivity index (χ0v) is 11.5. The maximum atomic E-state index is 9.95. The smallest absolute Gasteiger partial charge is 0.0592 e. The average molecular weight is 256 g/mol. The minimum atomic E-state index is -0.267. The van der Waals surface area contributed by atoms with Crippen LogP contribution < -0.4 is 0 Å². The molecule has 0 amide bonds. The second kappa shape index (κ2) is 7.70. The predicted octanol–water partition coefficient (Wildman–Crippen LogP) is 2.98. The van der Waals surface area contributed by atoms with E-state index < -0.39 is 0 Å². The van der Waals surface area contributed by atoms with Gasteiger partial charge in [-0.2, -0.15) is 0 Å². The van der Waals surface area contributed by atoms with E-state index in [1.807, 2.05) is 24.3 Å². The van der Waals surface area contributed by atoms with Gasteiger partial charge in [-0.05, 0) is 43.6 Å². The zero-order valence-electron chi connectivity index (χ0n) is 10.7. The van der Waals surface area contributed by atoms with Gasteiger partial charge in [0.15, 0.2) is 0 Å². The van der Waals surface area contributed by atoms with Crippen LogP contribution in [0.2, 0.25) is 5.02 Å². The lowest BCUT2D eigenvalue weighted by Gasteiger charge is -2.20. The summed E-state index contributed by atoms with van der Waals surface area (Å²) in [6.45, 7) is 7.35. The Morgan fingerprint density at radius 1 is 1.18 bits per heavy atom. The molecule has 2 nitrogen and oxygen atoms in total. The first-order chi connectivity index (χ1) is 8.15. The molecule has 0 spiro atoms. The first-order valence-electron chi connectivity index (χ1n) is 6.30. The fraction of sp³-hybridized carbons (Fsp3) is 0.571. The van der Waals surface area contributed by atoms with Gasteiger partial charge in [0, 0.05) is 11.6 Å². The monoisotopic (exact) mass is 255 g/mol. The van der Waals surface area contributed by atoms with Crippen LogP contribution >= 0.6 is 11.6 Å². The number of aliphatic hydroxyl groups excluding tert-OH is 1. The molecular formula is C14H22ClNO. The lowest BCUT2D eigenvalue weighted by Crippen LogP contribution is -2.27. The molecule has 0 heterocycles. The molecule has 1 atom stereocenters. The van der Waals surface area contributed by atoms with E-state index in [4.69, 9.17) is 11.6 Å². The predicted molar refractivity (Wildman–Crippen MR) is 73.6 cm³/mol. The molecule has 0 saturated carbocycles.